The van der Waals surface area contributed by atoms with Gasteiger partial charge in [0, 0.05) is 23.3 Å². The average molecular weight is 601 g/mol. The number of primary amides is 1. The van der Waals surface area contributed by atoms with Gasteiger partial charge in [-0.05, 0) is 55.4 Å². The quantitative estimate of drug-likeness (QED) is 0.291. The van der Waals surface area contributed by atoms with E-state index in [4.69, 9.17) is 15.2 Å². The minimum Gasteiger partial charge on any atom is -0.442 e. The second-order valence-corrected chi connectivity index (χ2v) is 12.3. The number of amides is 2. The van der Waals surface area contributed by atoms with Gasteiger partial charge in [0.25, 0.3) is 0 Å². The molecule has 0 aliphatic heterocycles. The van der Waals surface area contributed by atoms with Crippen LogP contribution in [0.2, 0.25) is 0 Å². The molecular formula is C32H36N6O6. The van der Waals surface area contributed by atoms with Crippen molar-refractivity contribution in [2.24, 2.45) is 5.73 Å². The third-order valence-corrected chi connectivity index (χ3v) is 6.09. The molecule has 2 amide bonds. The Labute approximate surface area is 255 Å². The molecule has 44 heavy (non-hydrogen) atoms. The van der Waals surface area contributed by atoms with E-state index < -0.39 is 35.2 Å². The van der Waals surface area contributed by atoms with Gasteiger partial charge in [-0.1, -0.05) is 59.7 Å². The van der Waals surface area contributed by atoms with Gasteiger partial charge in [0.15, 0.2) is 11.6 Å². The Morgan fingerprint density at radius 2 is 1.00 bits per heavy atom. The molecule has 230 valence electrons. The van der Waals surface area contributed by atoms with Gasteiger partial charge >= 0.3 is 24.0 Å². The highest BCUT2D eigenvalue weighted by molar-refractivity contribution is 6.41. The predicted octanol–water partition coefficient (Wildman–Crippen LogP) is 5.75. The topological polar surface area (TPSA) is 152 Å². The Morgan fingerprint density at radius 1 is 0.659 bits per heavy atom. The summed E-state index contributed by atoms with van der Waals surface area (Å²) >= 11 is 0. The highest BCUT2D eigenvalue weighted by Gasteiger charge is 2.33. The fourth-order valence-electron chi connectivity index (χ4n) is 4.14. The number of nitrogens with zero attached hydrogens (tertiary/aromatic N) is 5. The predicted molar refractivity (Wildman–Crippen MR) is 164 cm³/mol. The first-order valence-corrected chi connectivity index (χ1v) is 13.9. The summed E-state index contributed by atoms with van der Waals surface area (Å²) in [7, 11) is 0. The molecule has 12 nitrogen and oxygen atoms in total. The molecule has 0 radical (unpaired) electrons. The lowest BCUT2D eigenvalue weighted by molar-refractivity contribution is -0.135. The van der Waals surface area contributed by atoms with Crippen LogP contribution in [0.15, 0.2) is 60.7 Å². The summed E-state index contributed by atoms with van der Waals surface area (Å²) in [6.45, 7) is 14.1. The summed E-state index contributed by atoms with van der Waals surface area (Å²) in [6, 6.07) is 17.4. The molecule has 0 unspecified atom stereocenters. The number of ether oxygens (including phenoxy) is 2. The van der Waals surface area contributed by atoms with Gasteiger partial charge in [0.2, 0.25) is 0 Å². The molecule has 0 aliphatic rings. The third kappa shape index (κ3) is 7.20. The fraction of sp³-hybridized carbons (Fsp3) is 0.312. The zero-order valence-corrected chi connectivity index (χ0v) is 26.0. The van der Waals surface area contributed by atoms with Crippen LogP contribution in [0.1, 0.15) is 52.7 Å². The van der Waals surface area contributed by atoms with Crippen molar-refractivity contribution in [1.29, 1.82) is 0 Å². The van der Waals surface area contributed by atoms with Gasteiger partial charge in [-0.3, -0.25) is 9.59 Å². The molecule has 0 saturated heterocycles. The van der Waals surface area contributed by atoms with E-state index in [9.17, 15) is 19.2 Å². The number of benzene rings is 2. The van der Waals surface area contributed by atoms with Crippen molar-refractivity contribution in [3.05, 3.63) is 71.8 Å². The van der Waals surface area contributed by atoms with Crippen molar-refractivity contribution in [2.45, 2.75) is 66.6 Å². The van der Waals surface area contributed by atoms with Crippen LogP contribution in [0.25, 0.3) is 22.5 Å². The molecule has 0 bridgehead atoms. The van der Waals surface area contributed by atoms with E-state index in [0.29, 0.717) is 11.1 Å². The molecule has 2 N–H and O–H groups in total. The van der Waals surface area contributed by atoms with E-state index in [-0.39, 0.29) is 23.0 Å². The van der Waals surface area contributed by atoms with E-state index in [1.54, 1.807) is 65.8 Å². The molecule has 0 saturated carbocycles. The molecule has 0 atom stereocenters. The highest BCUT2D eigenvalue weighted by Crippen LogP contribution is 2.33. The number of hydrogen-bond donors (Lipinski definition) is 1. The standard InChI is InChI=1S/C32H36N6O6/c1-19-9-13-21(14-10-19)23-17-25(34-37(23)29(41)43-31(3,4)5)36(28(40)27(33)39)26-18-24(22-15-11-20(2)12-16-22)38(35-26)30(42)44-32(6,7)8/h9-18H,1-8H3,(H2,33,39). The summed E-state index contributed by atoms with van der Waals surface area (Å²) in [4.78, 5) is 53.1. The summed E-state index contributed by atoms with van der Waals surface area (Å²) in [5.74, 6) is -2.81. The fourth-order valence-corrected chi connectivity index (χ4v) is 4.14. The van der Waals surface area contributed by atoms with Crippen LogP contribution in [-0.4, -0.2) is 54.8 Å². The van der Waals surface area contributed by atoms with Crippen LogP contribution < -0.4 is 10.6 Å². The van der Waals surface area contributed by atoms with Crippen molar-refractivity contribution in [3.63, 3.8) is 0 Å². The Bertz CT molecular complexity index is 1600. The van der Waals surface area contributed by atoms with Gasteiger partial charge in [-0.25, -0.2) is 14.5 Å². The zero-order chi connectivity index (χ0) is 32.6. The highest BCUT2D eigenvalue weighted by atomic mass is 16.6. The number of rotatable bonds is 4. The van der Waals surface area contributed by atoms with Gasteiger partial charge < -0.3 is 15.2 Å². The molecule has 2 heterocycles. The molecule has 4 aromatic rings. The van der Waals surface area contributed by atoms with Crippen molar-refractivity contribution >= 4 is 35.6 Å². The van der Waals surface area contributed by atoms with Crippen molar-refractivity contribution in [2.75, 3.05) is 4.90 Å². The van der Waals surface area contributed by atoms with E-state index in [1.165, 1.54) is 12.1 Å². The molecule has 2 aromatic carbocycles. The number of hydrogen-bond acceptors (Lipinski definition) is 8. The summed E-state index contributed by atoms with van der Waals surface area (Å²) < 4.78 is 13.1. The van der Waals surface area contributed by atoms with Gasteiger partial charge in [0.05, 0.1) is 11.4 Å². The van der Waals surface area contributed by atoms with Crippen LogP contribution in [0, 0.1) is 13.8 Å². The molecule has 0 fully saturated rings. The van der Waals surface area contributed by atoms with Crippen molar-refractivity contribution < 1.29 is 28.7 Å². The lowest BCUT2D eigenvalue weighted by Gasteiger charge is -2.20. The second-order valence-electron chi connectivity index (χ2n) is 12.3. The molecule has 0 aliphatic carbocycles. The van der Waals surface area contributed by atoms with E-state index in [1.807, 2.05) is 38.1 Å². The number of aryl methyl sites for hydroxylation is 2. The van der Waals surface area contributed by atoms with E-state index in [0.717, 1.165) is 25.4 Å². The third-order valence-electron chi connectivity index (χ3n) is 6.09. The maximum atomic E-state index is 13.4. The number of anilines is 2. The molecule has 4 rings (SSSR count). The Kier molecular flexibility index (Phi) is 8.48. The van der Waals surface area contributed by atoms with E-state index >= 15 is 0 Å². The number of carbonyl (C=O) groups excluding carboxylic acids is 4. The maximum Gasteiger partial charge on any atom is 0.435 e. The van der Waals surface area contributed by atoms with Crippen LogP contribution in [-0.2, 0) is 19.1 Å². The molecular weight excluding hydrogens is 564 g/mol. The average Bonchev–Trinajstić information content (AvgIpc) is 3.54. The first kappa shape index (κ1) is 31.7. The van der Waals surface area contributed by atoms with Crippen LogP contribution in [0.5, 0.6) is 0 Å². The number of nitrogens with two attached hydrogens (primary N) is 1. The first-order valence-electron chi connectivity index (χ1n) is 13.9. The second kappa shape index (κ2) is 11.8. The van der Waals surface area contributed by atoms with Gasteiger partial charge in [-0.15, -0.1) is 10.2 Å². The zero-order valence-electron chi connectivity index (χ0n) is 26.0. The smallest absolute Gasteiger partial charge is 0.435 e. The summed E-state index contributed by atoms with van der Waals surface area (Å²) in [6.07, 6.45) is -1.63. The molecule has 2 aromatic heterocycles. The lowest BCUT2D eigenvalue weighted by Crippen LogP contribution is -2.38. The summed E-state index contributed by atoms with van der Waals surface area (Å²) in [5.41, 5.74) is 7.46. The molecule has 12 heteroatoms. The Balaban J connectivity index is 1.94. The van der Waals surface area contributed by atoms with Crippen LogP contribution in [0.4, 0.5) is 21.2 Å². The summed E-state index contributed by atoms with van der Waals surface area (Å²) in [5, 5.41) is 8.75. The lowest BCUT2D eigenvalue weighted by atomic mass is 10.1. The number of aromatic nitrogens is 4. The van der Waals surface area contributed by atoms with Crippen molar-refractivity contribution in [1.82, 2.24) is 19.6 Å². The molecule has 0 spiro atoms. The largest absolute Gasteiger partial charge is 0.442 e. The van der Waals surface area contributed by atoms with Gasteiger partial charge in [0.1, 0.15) is 11.2 Å². The van der Waals surface area contributed by atoms with E-state index in [2.05, 4.69) is 10.2 Å². The maximum absolute atomic E-state index is 13.4. The normalized spacial score (nSPS) is 11.6. The van der Waals surface area contributed by atoms with Crippen molar-refractivity contribution in [3.8, 4) is 22.5 Å². The SMILES string of the molecule is Cc1ccc(-c2cc(N(C(=O)C(N)=O)c3cc(-c4ccc(C)cc4)n(C(=O)OC(C)(C)C)n3)nn2C(=O)OC(C)(C)C)cc1. The van der Waals surface area contributed by atoms with Crippen LogP contribution in [0.3, 0.4) is 0 Å². The minimum atomic E-state index is -1.31. The Morgan fingerprint density at radius 3 is 1.30 bits per heavy atom. The van der Waals surface area contributed by atoms with Gasteiger partial charge in [-0.2, -0.15) is 9.36 Å². The number of carbonyl (C=O) groups is 4. The minimum absolute atomic E-state index is 0.153. The van der Waals surface area contributed by atoms with Crippen LogP contribution >= 0.6 is 0 Å². The monoisotopic (exact) mass is 600 g/mol. The first-order chi connectivity index (χ1) is 20.4. The Hall–Kier alpha value is -5.26.